The van der Waals surface area contributed by atoms with Gasteiger partial charge in [0.2, 0.25) is 5.75 Å². The molecule has 0 atom stereocenters. The minimum atomic E-state index is -0.435. The molecule has 174 valence electrons. The number of amides is 1. The summed E-state index contributed by atoms with van der Waals surface area (Å²) in [6.07, 6.45) is 5.62. The van der Waals surface area contributed by atoms with Crippen LogP contribution in [-0.2, 0) is 6.54 Å². The van der Waals surface area contributed by atoms with E-state index in [4.69, 9.17) is 25.4 Å². The SMILES string of the molecule is C#CCn1c(=NC(=O)c2cc(OCC)c(OCC)c(OCC)c2)sc2cccc(OCC)c21. The van der Waals surface area contributed by atoms with Gasteiger partial charge in [-0.25, -0.2) is 0 Å². The van der Waals surface area contributed by atoms with Gasteiger partial charge in [0.15, 0.2) is 16.3 Å². The van der Waals surface area contributed by atoms with E-state index in [2.05, 4.69) is 10.9 Å². The molecule has 1 amide bonds. The molecule has 7 nitrogen and oxygen atoms in total. The molecule has 3 rings (SSSR count). The van der Waals surface area contributed by atoms with Crippen LogP contribution >= 0.6 is 11.3 Å². The van der Waals surface area contributed by atoms with Gasteiger partial charge < -0.3 is 23.5 Å². The Morgan fingerprint density at radius 2 is 1.58 bits per heavy atom. The third-order valence-electron chi connectivity index (χ3n) is 4.57. The Hall–Kier alpha value is -3.44. The highest BCUT2D eigenvalue weighted by Gasteiger charge is 2.19. The fourth-order valence-corrected chi connectivity index (χ4v) is 4.40. The Labute approximate surface area is 197 Å². The van der Waals surface area contributed by atoms with E-state index in [1.165, 1.54) is 11.3 Å². The van der Waals surface area contributed by atoms with Gasteiger partial charge in [0, 0.05) is 5.56 Å². The van der Waals surface area contributed by atoms with Gasteiger partial charge in [-0.05, 0) is 52.0 Å². The van der Waals surface area contributed by atoms with Gasteiger partial charge in [0.05, 0.1) is 37.7 Å². The van der Waals surface area contributed by atoms with Crippen molar-refractivity contribution < 1.29 is 23.7 Å². The maximum atomic E-state index is 13.2. The van der Waals surface area contributed by atoms with E-state index in [0.717, 1.165) is 10.2 Å². The first-order valence-electron chi connectivity index (χ1n) is 10.9. The van der Waals surface area contributed by atoms with Crippen molar-refractivity contribution in [2.24, 2.45) is 4.99 Å². The molecule has 0 aliphatic heterocycles. The second-order valence-electron chi connectivity index (χ2n) is 6.73. The number of carbonyl (C=O) groups excluding carboxylic acids is 1. The van der Waals surface area contributed by atoms with Crippen LogP contribution in [0.1, 0.15) is 38.1 Å². The van der Waals surface area contributed by atoms with E-state index in [0.29, 0.717) is 59.8 Å². The number of nitrogens with zero attached hydrogens (tertiary/aromatic N) is 2. The Bertz CT molecular complexity index is 1210. The number of ether oxygens (including phenoxy) is 4. The molecule has 0 N–H and O–H groups in total. The number of hydrogen-bond acceptors (Lipinski definition) is 6. The lowest BCUT2D eigenvalue weighted by Gasteiger charge is -2.16. The normalized spacial score (nSPS) is 11.3. The number of para-hydroxylation sites is 1. The van der Waals surface area contributed by atoms with Gasteiger partial charge in [-0.15, -0.1) is 6.42 Å². The van der Waals surface area contributed by atoms with Gasteiger partial charge in [-0.1, -0.05) is 23.3 Å². The summed E-state index contributed by atoms with van der Waals surface area (Å²) in [6, 6.07) is 9.01. The zero-order chi connectivity index (χ0) is 23.8. The minimum absolute atomic E-state index is 0.258. The zero-order valence-electron chi connectivity index (χ0n) is 19.3. The molecule has 8 heteroatoms. The molecule has 0 unspecified atom stereocenters. The summed E-state index contributed by atoms with van der Waals surface area (Å²) in [5.41, 5.74) is 1.16. The predicted molar refractivity (Wildman–Crippen MR) is 130 cm³/mol. The molecule has 0 spiro atoms. The molecule has 2 aromatic carbocycles. The van der Waals surface area contributed by atoms with Gasteiger partial charge in [0.1, 0.15) is 11.3 Å². The number of hydrogen-bond donors (Lipinski definition) is 0. The molecule has 0 aliphatic carbocycles. The third kappa shape index (κ3) is 5.32. The molecule has 0 saturated heterocycles. The van der Waals surface area contributed by atoms with Gasteiger partial charge in [0.25, 0.3) is 5.91 Å². The summed E-state index contributed by atoms with van der Waals surface area (Å²) in [5.74, 6) is 4.27. The number of terminal acetylenes is 1. The van der Waals surface area contributed by atoms with Crippen LogP contribution in [-0.4, -0.2) is 36.9 Å². The third-order valence-corrected chi connectivity index (χ3v) is 5.61. The van der Waals surface area contributed by atoms with Crippen molar-refractivity contribution in [1.29, 1.82) is 0 Å². The minimum Gasteiger partial charge on any atom is -0.492 e. The average molecular weight is 469 g/mol. The van der Waals surface area contributed by atoms with Crippen LogP contribution in [0.3, 0.4) is 0 Å². The number of aromatic nitrogens is 1. The summed E-state index contributed by atoms with van der Waals surface area (Å²) in [6.45, 7) is 9.57. The van der Waals surface area contributed by atoms with E-state index in [1.54, 1.807) is 12.1 Å². The van der Waals surface area contributed by atoms with Crippen molar-refractivity contribution in [3.63, 3.8) is 0 Å². The molecule has 0 bridgehead atoms. The Morgan fingerprint density at radius 3 is 2.15 bits per heavy atom. The van der Waals surface area contributed by atoms with E-state index >= 15 is 0 Å². The molecular weight excluding hydrogens is 440 g/mol. The molecule has 33 heavy (non-hydrogen) atoms. The highest BCUT2D eigenvalue weighted by molar-refractivity contribution is 7.16. The zero-order valence-corrected chi connectivity index (χ0v) is 20.2. The number of rotatable bonds is 10. The molecule has 1 heterocycles. The van der Waals surface area contributed by atoms with Crippen LogP contribution in [0.4, 0.5) is 0 Å². The van der Waals surface area contributed by atoms with Crippen LogP contribution in [0.15, 0.2) is 35.3 Å². The van der Waals surface area contributed by atoms with Crippen LogP contribution in [0.5, 0.6) is 23.0 Å². The van der Waals surface area contributed by atoms with Gasteiger partial charge >= 0.3 is 0 Å². The van der Waals surface area contributed by atoms with Crippen LogP contribution in [0, 0.1) is 12.3 Å². The van der Waals surface area contributed by atoms with Crippen LogP contribution < -0.4 is 23.7 Å². The lowest BCUT2D eigenvalue weighted by molar-refractivity contribution is 0.0996. The Balaban J connectivity index is 2.16. The molecule has 1 aromatic heterocycles. The predicted octanol–water partition coefficient (Wildman–Crippen LogP) is 4.67. The molecular formula is C25H28N2O5S. The van der Waals surface area contributed by atoms with Crippen molar-refractivity contribution in [3.8, 4) is 35.3 Å². The largest absolute Gasteiger partial charge is 0.492 e. The van der Waals surface area contributed by atoms with Crippen molar-refractivity contribution in [3.05, 3.63) is 40.7 Å². The van der Waals surface area contributed by atoms with Crippen molar-refractivity contribution in [2.75, 3.05) is 26.4 Å². The quantitative estimate of drug-likeness (QED) is 0.404. The summed E-state index contributed by atoms with van der Waals surface area (Å²) in [4.78, 5) is 18.1. The van der Waals surface area contributed by atoms with Crippen molar-refractivity contribution in [1.82, 2.24) is 4.57 Å². The Kier molecular flexibility index (Phi) is 8.39. The monoisotopic (exact) mass is 468 g/mol. The summed E-state index contributed by atoms with van der Waals surface area (Å²) in [5, 5.41) is 0. The first-order valence-corrected chi connectivity index (χ1v) is 11.7. The maximum Gasteiger partial charge on any atom is 0.279 e. The topological polar surface area (TPSA) is 71.3 Å². The fraction of sp³-hybridized carbons (Fsp3) is 0.360. The van der Waals surface area contributed by atoms with Gasteiger partial charge in [-0.3, -0.25) is 4.79 Å². The molecule has 0 radical (unpaired) electrons. The van der Waals surface area contributed by atoms with Crippen molar-refractivity contribution >= 4 is 27.5 Å². The Morgan fingerprint density at radius 1 is 0.970 bits per heavy atom. The van der Waals surface area contributed by atoms with Crippen molar-refractivity contribution in [2.45, 2.75) is 34.2 Å². The fourth-order valence-electron chi connectivity index (χ4n) is 3.36. The summed E-state index contributed by atoms with van der Waals surface area (Å²) >= 11 is 1.38. The van der Waals surface area contributed by atoms with E-state index in [1.807, 2.05) is 50.5 Å². The first-order chi connectivity index (χ1) is 16.1. The van der Waals surface area contributed by atoms with Gasteiger partial charge in [-0.2, -0.15) is 4.99 Å². The second kappa shape index (κ2) is 11.4. The standard InChI is InChI=1S/C25H28N2O5S/c1-6-14-27-22-18(29-7-2)12-11-13-21(22)33-25(27)26-24(28)17-15-19(30-8-3)23(32-10-5)20(16-17)31-9-4/h1,11-13,15-16H,7-10,14H2,2-5H3. The smallest absolute Gasteiger partial charge is 0.279 e. The number of fused-ring (bicyclic) bond motifs is 1. The summed E-state index contributed by atoms with van der Waals surface area (Å²) < 4.78 is 25.7. The highest BCUT2D eigenvalue weighted by atomic mass is 32.1. The lowest BCUT2D eigenvalue weighted by Crippen LogP contribution is -2.17. The summed E-state index contributed by atoms with van der Waals surface area (Å²) in [7, 11) is 0. The molecule has 0 aliphatic rings. The molecule has 3 aromatic rings. The number of carbonyl (C=O) groups is 1. The molecule has 0 fully saturated rings. The van der Waals surface area contributed by atoms with Crippen LogP contribution in [0.2, 0.25) is 0 Å². The maximum absolute atomic E-state index is 13.2. The lowest BCUT2D eigenvalue weighted by atomic mass is 10.1. The van der Waals surface area contributed by atoms with E-state index < -0.39 is 5.91 Å². The van der Waals surface area contributed by atoms with Crippen LogP contribution in [0.25, 0.3) is 10.2 Å². The average Bonchev–Trinajstić information content (AvgIpc) is 3.14. The first kappa shape index (κ1) is 24.2. The highest BCUT2D eigenvalue weighted by Crippen LogP contribution is 2.39. The number of benzene rings is 2. The number of thiazole rings is 1. The second-order valence-corrected chi connectivity index (χ2v) is 7.74. The van der Waals surface area contributed by atoms with E-state index in [9.17, 15) is 4.79 Å². The molecule has 0 saturated carbocycles. The van der Waals surface area contributed by atoms with E-state index in [-0.39, 0.29) is 6.54 Å².